The van der Waals surface area contributed by atoms with Crippen LogP contribution in [0.1, 0.15) is 46.4 Å². The maximum absolute atomic E-state index is 13.4. The molecule has 0 bridgehead atoms. The van der Waals surface area contributed by atoms with E-state index in [9.17, 15) is 9.59 Å². The van der Waals surface area contributed by atoms with Gasteiger partial charge in [0.2, 0.25) is 0 Å². The number of nitrogens with one attached hydrogen (secondary N) is 1. The number of rotatable bonds is 9. The molecule has 0 heterocycles. The maximum atomic E-state index is 13.4. The number of carboxylic acid groups (broad SMARTS) is 1. The van der Waals surface area contributed by atoms with Crippen LogP contribution in [0, 0.1) is 0 Å². The van der Waals surface area contributed by atoms with Gasteiger partial charge in [-0.3, -0.25) is 9.59 Å². The molecule has 0 aliphatic rings. The summed E-state index contributed by atoms with van der Waals surface area (Å²) in [6.07, 6.45) is 0.236. The van der Waals surface area contributed by atoms with Crippen molar-refractivity contribution in [2.24, 2.45) is 0 Å². The number of aryl methyl sites for hydroxylation is 1. The van der Waals surface area contributed by atoms with Crippen molar-refractivity contribution in [2.75, 3.05) is 0 Å². The van der Waals surface area contributed by atoms with E-state index in [1.165, 1.54) is 0 Å². The Morgan fingerprint density at radius 3 is 2.44 bits per heavy atom. The van der Waals surface area contributed by atoms with Gasteiger partial charge in [0, 0.05) is 12.0 Å². The molecule has 4 aromatic rings. The second-order valence-corrected chi connectivity index (χ2v) is 8.25. The van der Waals surface area contributed by atoms with E-state index in [-0.39, 0.29) is 24.8 Å². The van der Waals surface area contributed by atoms with E-state index in [0.29, 0.717) is 17.7 Å². The van der Waals surface area contributed by atoms with Crippen molar-refractivity contribution in [3.05, 3.63) is 113 Å². The van der Waals surface area contributed by atoms with Gasteiger partial charge in [-0.15, -0.1) is 0 Å². The molecular formula is C29H27NO4. The van der Waals surface area contributed by atoms with Crippen LogP contribution in [0.4, 0.5) is 0 Å². The van der Waals surface area contributed by atoms with E-state index in [1.807, 2.05) is 91.9 Å². The fourth-order valence-corrected chi connectivity index (χ4v) is 4.05. The first-order valence-electron chi connectivity index (χ1n) is 11.3. The highest BCUT2D eigenvalue weighted by Crippen LogP contribution is 2.25. The van der Waals surface area contributed by atoms with Crippen LogP contribution in [0.3, 0.4) is 0 Å². The standard InChI is InChI=1S/C29H27NO4/c1-20(25-13-7-9-22-8-5-6-12-26(22)25)30-29(33)27-18-21(14-15-23(27)16-17-28(31)32)19-34-24-10-3-2-4-11-24/h2-15,18,20H,16-17,19H2,1H3,(H,30,33)(H,31,32)/t20-/m1/s1. The summed E-state index contributed by atoms with van der Waals surface area (Å²) in [6.45, 7) is 2.27. The van der Waals surface area contributed by atoms with E-state index in [4.69, 9.17) is 9.84 Å². The average Bonchev–Trinajstić information content (AvgIpc) is 2.86. The molecular weight excluding hydrogens is 426 g/mol. The lowest BCUT2D eigenvalue weighted by Crippen LogP contribution is -2.28. The third-order valence-corrected chi connectivity index (χ3v) is 5.81. The highest BCUT2D eigenvalue weighted by atomic mass is 16.5. The third-order valence-electron chi connectivity index (χ3n) is 5.81. The number of fused-ring (bicyclic) bond motifs is 1. The molecule has 0 saturated carbocycles. The Balaban J connectivity index is 1.57. The Morgan fingerprint density at radius 2 is 1.65 bits per heavy atom. The Bertz CT molecular complexity index is 1290. The predicted molar refractivity (Wildman–Crippen MR) is 133 cm³/mol. The fourth-order valence-electron chi connectivity index (χ4n) is 4.05. The van der Waals surface area contributed by atoms with Gasteiger partial charge in [0.05, 0.1) is 6.04 Å². The number of para-hydroxylation sites is 1. The quantitative estimate of drug-likeness (QED) is 0.329. The summed E-state index contributed by atoms with van der Waals surface area (Å²) in [5, 5.41) is 14.5. The highest BCUT2D eigenvalue weighted by Gasteiger charge is 2.18. The average molecular weight is 454 g/mol. The first-order valence-corrected chi connectivity index (χ1v) is 11.3. The van der Waals surface area contributed by atoms with E-state index in [1.54, 1.807) is 6.07 Å². The van der Waals surface area contributed by atoms with Gasteiger partial charge in [-0.1, -0.05) is 72.8 Å². The lowest BCUT2D eigenvalue weighted by Gasteiger charge is -2.18. The second-order valence-electron chi connectivity index (χ2n) is 8.25. The summed E-state index contributed by atoms with van der Waals surface area (Å²) in [4.78, 5) is 24.5. The highest BCUT2D eigenvalue weighted by molar-refractivity contribution is 5.97. The lowest BCUT2D eigenvalue weighted by molar-refractivity contribution is -0.136. The molecule has 0 aliphatic carbocycles. The molecule has 0 spiro atoms. The largest absolute Gasteiger partial charge is 0.489 e. The minimum Gasteiger partial charge on any atom is -0.489 e. The Kier molecular flexibility index (Phi) is 7.23. The van der Waals surface area contributed by atoms with Crippen molar-refractivity contribution in [2.45, 2.75) is 32.4 Å². The lowest BCUT2D eigenvalue weighted by atomic mass is 9.97. The zero-order valence-corrected chi connectivity index (χ0v) is 19.0. The van der Waals surface area contributed by atoms with Crippen LogP contribution in [-0.2, 0) is 17.8 Å². The Labute approximate surface area is 199 Å². The molecule has 0 fully saturated rings. The summed E-state index contributed by atoms with van der Waals surface area (Å²) in [5.74, 6) is -0.387. The zero-order chi connectivity index (χ0) is 23.9. The first kappa shape index (κ1) is 23.1. The minimum atomic E-state index is -0.896. The van der Waals surface area contributed by atoms with E-state index in [2.05, 4.69) is 5.32 Å². The zero-order valence-electron chi connectivity index (χ0n) is 19.0. The number of aliphatic carboxylic acids is 1. The molecule has 34 heavy (non-hydrogen) atoms. The number of amides is 1. The fraction of sp³-hybridized carbons (Fsp3) is 0.172. The molecule has 1 atom stereocenters. The van der Waals surface area contributed by atoms with Gasteiger partial charge in [0.1, 0.15) is 12.4 Å². The maximum Gasteiger partial charge on any atom is 0.303 e. The third kappa shape index (κ3) is 5.62. The van der Waals surface area contributed by atoms with Crippen LogP contribution in [-0.4, -0.2) is 17.0 Å². The number of hydrogen-bond acceptors (Lipinski definition) is 3. The van der Waals surface area contributed by atoms with Gasteiger partial charge in [-0.05, 0) is 59.0 Å². The van der Waals surface area contributed by atoms with Crippen LogP contribution in [0.5, 0.6) is 5.75 Å². The number of carbonyl (C=O) groups excluding carboxylic acids is 1. The molecule has 4 aromatic carbocycles. The second kappa shape index (κ2) is 10.7. The number of hydrogen-bond donors (Lipinski definition) is 2. The number of benzene rings is 4. The predicted octanol–water partition coefficient (Wildman–Crippen LogP) is 5.93. The van der Waals surface area contributed by atoms with Crippen molar-refractivity contribution in [1.29, 1.82) is 0 Å². The SMILES string of the molecule is C[C@@H](NC(=O)c1cc(COc2ccccc2)ccc1CCC(=O)O)c1cccc2ccccc12. The van der Waals surface area contributed by atoms with Crippen molar-refractivity contribution >= 4 is 22.6 Å². The van der Waals surface area contributed by atoms with Crippen LogP contribution in [0.15, 0.2) is 91.0 Å². The number of ether oxygens (including phenoxy) is 1. The van der Waals surface area contributed by atoms with Crippen LogP contribution < -0.4 is 10.1 Å². The molecule has 0 saturated heterocycles. The van der Waals surface area contributed by atoms with Crippen LogP contribution in [0.2, 0.25) is 0 Å². The molecule has 172 valence electrons. The van der Waals surface area contributed by atoms with Crippen LogP contribution >= 0.6 is 0 Å². The summed E-state index contributed by atoms with van der Waals surface area (Å²) in [5.41, 5.74) is 3.05. The molecule has 1 amide bonds. The van der Waals surface area contributed by atoms with E-state index in [0.717, 1.165) is 27.6 Å². The van der Waals surface area contributed by atoms with Gasteiger partial charge >= 0.3 is 5.97 Å². The molecule has 0 unspecified atom stereocenters. The molecule has 0 aromatic heterocycles. The normalized spacial score (nSPS) is 11.7. The van der Waals surface area contributed by atoms with Gasteiger partial charge in [-0.2, -0.15) is 0 Å². The summed E-state index contributed by atoms with van der Waals surface area (Å²) >= 11 is 0. The molecule has 4 rings (SSSR count). The van der Waals surface area contributed by atoms with Gasteiger partial charge < -0.3 is 15.2 Å². The molecule has 0 aliphatic heterocycles. The monoisotopic (exact) mass is 453 g/mol. The van der Waals surface area contributed by atoms with E-state index >= 15 is 0 Å². The molecule has 5 heteroatoms. The van der Waals surface area contributed by atoms with Crippen molar-refractivity contribution in [3.63, 3.8) is 0 Å². The molecule has 2 N–H and O–H groups in total. The minimum absolute atomic E-state index is 0.0426. The smallest absolute Gasteiger partial charge is 0.303 e. The van der Waals surface area contributed by atoms with Gasteiger partial charge in [0.15, 0.2) is 0 Å². The molecule has 0 radical (unpaired) electrons. The van der Waals surface area contributed by atoms with E-state index < -0.39 is 5.97 Å². The van der Waals surface area contributed by atoms with Crippen molar-refractivity contribution in [3.8, 4) is 5.75 Å². The van der Waals surface area contributed by atoms with Crippen molar-refractivity contribution < 1.29 is 19.4 Å². The summed E-state index contributed by atoms with van der Waals surface area (Å²) in [6, 6.07) is 28.9. The summed E-state index contributed by atoms with van der Waals surface area (Å²) < 4.78 is 5.84. The topological polar surface area (TPSA) is 75.6 Å². The Morgan fingerprint density at radius 1 is 0.912 bits per heavy atom. The van der Waals surface area contributed by atoms with Gasteiger partial charge in [0.25, 0.3) is 5.91 Å². The van der Waals surface area contributed by atoms with Gasteiger partial charge in [-0.25, -0.2) is 0 Å². The first-order chi connectivity index (χ1) is 16.5. The van der Waals surface area contributed by atoms with Crippen LogP contribution in [0.25, 0.3) is 10.8 Å². The number of carboxylic acids is 1. The van der Waals surface area contributed by atoms with Crippen molar-refractivity contribution in [1.82, 2.24) is 5.32 Å². The molecule has 5 nitrogen and oxygen atoms in total. The Hall–Kier alpha value is -4.12. The summed E-state index contributed by atoms with van der Waals surface area (Å²) in [7, 11) is 0. The number of carbonyl (C=O) groups is 2.